The van der Waals surface area contributed by atoms with Crippen molar-refractivity contribution in [2.24, 2.45) is 19.1 Å². The van der Waals surface area contributed by atoms with Gasteiger partial charge in [-0.05, 0) is 31.0 Å². The van der Waals surface area contributed by atoms with E-state index in [0.717, 1.165) is 5.57 Å². The standard InChI is InChI=1S/C31H34N6O7/c1-18-9-21-14-32-23-13-27(26(42-4)12-22(23)30(40)37(21)15-18)44-8-6-7-28(38)33-19-10-24(35(2)16-19)29(39)34-20-11-25(31(41)43-5)36(3)17-20/h10-14,16-17,21H,1,6-9,15H2,2-5H3,(H,33,38)(H,34,39)/t21-/m0/s1. The number of benzene rings is 1. The van der Waals surface area contributed by atoms with Gasteiger partial charge in [0.1, 0.15) is 11.4 Å². The highest BCUT2D eigenvalue weighted by Gasteiger charge is 2.34. The lowest BCUT2D eigenvalue weighted by Crippen LogP contribution is -2.35. The normalized spacial score (nSPS) is 15.4. The van der Waals surface area contributed by atoms with Gasteiger partial charge in [0.25, 0.3) is 11.8 Å². The molecule has 0 aliphatic carbocycles. The predicted octanol–water partition coefficient (Wildman–Crippen LogP) is 3.70. The summed E-state index contributed by atoms with van der Waals surface area (Å²) in [4.78, 5) is 56.8. The fourth-order valence-electron chi connectivity index (χ4n) is 5.24. The van der Waals surface area contributed by atoms with E-state index in [-0.39, 0.29) is 30.9 Å². The SMILES string of the molecule is C=C1C[C@H]2C=Nc3cc(OCCCC(=O)Nc4cc(C(=O)Nc5cc(C(=O)OC)n(C)c5)n(C)c4)c(OC)cc3C(=O)N2C1. The summed E-state index contributed by atoms with van der Waals surface area (Å²) >= 11 is 0. The molecule has 44 heavy (non-hydrogen) atoms. The first-order valence-corrected chi connectivity index (χ1v) is 14.0. The van der Waals surface area contributed by atoms with Crippen LogP contribution in [0.3, 0.4) is 0 Å². The van der Waals surface area contributed by atoms with E-state index < -0.39 is 11.9 Å². The molecule has 13 nitrogen and oxygen atoms in total. The van der Waals surface area contributed by atoms with Crippen LogP contribution >= 0.6 is 0 Å². The summed E-state index contributed by atoms with van der Waals surface area (Å²) in [6.07, 6.45) is 6.27. The van der Waals surface area contributed by atoms with Crippen molar-refractivity contribution in [2.75, 3.05) is 38.0 Å². The van der Waals surface area contributed by atoms with Crippen molar-refractivity contribution in [3.05, 3.63) is 65.8 Å². The van der Waals surface area contributed by atoms with Gasteiger partial charge in [-0.25, -0.2) is 4.79 Å². The molecule has 4 heterocycles. The van der Waals surface area contributed by atoms with E-state index >= 15 is 0 Å². The number of fused-ring (bicyclic) bond motifs is 2. The number of amides is 3. The number of nitrogens with zero attached hydrogens (tertiary/aromatic N) is 4. The van der Waals surface area contributed by atoms with E-state index in [4.69, 9.17) is 14.2 Å². The topological polar surface area (TPSA) is 145 Å². The monoisotopic (exact) mass is 602 g/mol. The Balaban J connectivity index is 1.14. The molecule has 1 fully saturated rings. The number of aryl methyl sites for hydroxylation is 2. The van der Waals surface area contributed by atoms with Crippen LogP contribution in [0.4, 0.5) is 17.1 Å². The molecule has 3 aromatic rings. The molecule has 5 rings (SSSR count). The Kier molecular flexibility index (Phi) is 8.56. The fraction of sp³-hybridized carbons (Fsp3) is 0.323. The molecule has 1 aromatic carbocycles. The minimum atomic E-state index is -0.516. The first kappa shape index (κ1) is 30.1. The van der Waals surface area contributed by atoms with Crippen molar-refractivity contribution < 1.29 is 33.4 Å². The third-order valence-corrected chi connectivity index (χ3v) is 7.44. The molecule has 13 heteroatoms. The third kappa shape index (κ3) is 6.21. The van der Waals surface area contributed by atoms with Crippen LogP contribution in [0.5, 0.6) is 11.5 Å². The average molecular weight is 603 g/mol. The van der Waals surface area contributed by atoms with Crippen molar-refractivity contribution in [1.82, 2.24) is 14.0 Å². The zero-order valence-corrected chi connectivity index (χ0v) is 25.0. The van der Waals surface area contributed by atoms with Crippen molar-refractivity contribution >= 4 is 47.0 Å². The summed E-state index contributed by atoms with van der Waals surface area (Å²) in [5.41, 5.74) is 3.44. The van der Waals surface area contributed by atoms with Crippen LogP contribution in [0, 0.1) is 0 Å². The molecular formula is C31H34N6O7. The van der Waals surface area contributed by atoms with E-state index in [1.807, 2.05) is 0 Å². The van der Waals surface area contributed by atoms with Crippen LogP contribution in [0.25, 0.3) is 0 Å². The molecule has 3 amide bonds. The zero-order chi connectivity index (χ0) is 31.5. The van der Waals surface area contributed by atoms with Gasteiger partial charge in [0.2, 0.25) is 5.91 Å². The summed E-state index contributed by atoms with van der Waals surface area (Å²) in [6.45, 7) is 4.73. The van der Waals surface area contributed by atoms with Gasteiger partial charge in [-0.2, -0.15) is 0 Å². The second-order valence-electron chi connectivity index (χ2n) is 10.6. The second-order valence-corrected chi connectivity index (χ2v) is 10.6. The number of hydrogen-bond acceptors (Lipinski definition) is 8. The number of aromatic nitrogens is 2. The number of methoxy groups -OCH3 is 2. The first-order valence-electron chi connectivity index (χ1n) is 14.0. The molecule has 0 bridgehead atoms. The van der Waals surface area contributed by atoms with Gasteiger partial charge in [0.05, 0.1) is 49.5 Å². The van der Waals surface area contributed by atoms with Crippen molar-refractivity contribution in [3.8, 4) is 11.5 Å². The second kappa shape index (κ2) is 12.5. The minimum Gasteiger partial charge on any atom is -0.493 e. The molecular weight excluding hydrogens is 568 g/mol. The van der Waals surface area contributed by atoms with Gasteiger partial charge in [-0.15, -0.1) is 0 Å². The Hall–Kier alpha value is -5.33. The molecule has 0 saturated carbocycles. The zero-order valence-electron chi connectivity index (χ0n) is 25.0. The highest BCUT2D eigenvalue weighted by Crippen LogP contribution is 2.38. The molecule has 0 radical (unpaired) electrons. The van der Waals surface area contributed by atoms with E-state index in [1.54, 1.807) is 64.9 Å². The molecule has 1 saturated heterocycles. The van der Waals surface area contributed by atoms with Crippen LogP contribution in [0.2, 0.25) is 0 Å². The largest absolute Gasteiger partial charge is 0.493 e. The Labute approximate surface area is 254 Å². The van der Waals surface area contributed by atoms with Gasteiger partial charge < -0.3 is 38.9 Å². The summed E-state index contributed by atoms with van der Waals surface area (Å²) in [5.74, 6) is -0.466. The van der Waals surface area contributed by atoms with Crippen molar-refractivity contribution in [1.29, 1.82) is 0 Å². The van der Waals surface area contributed by atoms with E-state index in [0.29, 0.717) is 64.9 Å². The van der Waals surface area contributed by atoms with Crippen LogP contribution in [-0.4, -0.2) is 77.4 Å². The number of anilines is 2. The van der Waals surface area contributed by atoms with E-state index in [1.165, 1.54) is 20.3 Å². The molecule has 0 unspecified atom stereocenters. The van der Waals surface area contributed by atoms with E-state index in [2.05, 4.69) is 22.2 Å². The quantitative estimate of drug-likeness (QED) is 0.205. The number of carbonyl (C=O) groups excluding carboxylic acids is 4. The lowest BCUT2D eigenvalue weighted by atomic mass is 10.1. The smallest absolute Gasteiger partial charge is 0.354 e. The van der Waals surface area contributed by atoms with Gasteiger partial charge in [0.15, 0.2) is 11.5 Å². The molecule has 2 N–H and O–H groups in total. The maximum atomic E-state index is 13.1. The molecule has 0 spiro atoms. The Bertz CT molecular complexity index is 1680. The van der Waals surface area contributed by atoms with Crippen LogP contribution in [0.15, 0.2) is 53.8 Å². The molecule has 2 aliphatic heterocycles. The molecule has 230 valence electrons. The number of aliphatic imine (C=N–C) groups is 1. The maximum absolute atomic E-state index is 13.1. The Morgan fingerprint density at radius 2 is 1.70 bits per heavy atom. The molecule has 1 atom stereocenters. The number of hydrogen-bond donors (Lipinski definition) is 2. The predicted molar refractivity (Wildman–Crippen MR) is 163 cm³/mol. The van der Waals surface area contributed by atoms with Gasteiger partial charge in [-0.3, -0.25) is 19.4 Å². The van der Waals surface area contributed by atoms with Gasteiger partial charge in [-0.1, -0.05) is 12.2 Å². The number of carbonyl (C=O) groups is 4. The maximum Gasteiger partial charge on any atom is 0.354 e. The van der Waals surface area contributed by atoms with Crippen molar-refractivity contribution in [3.63, 3.8) is 0 Å². The lowest BCUT2D eigenvalue weighted by molar-refractivity contribution is -0.116. The molecule has 2 aromatic heterocycles. The van der Waals surface area contributed by atoms with E-state index in [9.17, 15) is 19.2 Å². The highest BCUT2D eigenvalue weighted by atomic mass is 16.5. The fourth-order valence-corrected chi connectivity index (χ4v) is 5.24. The lowest BCUT2D eigenvalue weighted by Gasteiger charge is -2.20. The third-order valence-electron chi connectivity index (χ3n) is 7.44. The highest BCUT2D eigenvalue weighted by molar-refractivity contribution is 6.05. The number of esters is 1. The summed E-state index contributed by atoms with van der Waals surface area (Å²) in [6, 6.07) is 6.29. The average Bonchev–Trinajstić information content (AvgIpc) is 3.66. The minimum absolute atomic E-state index is 0.114. The Morgan fingerprint density at radius 3 is 2.43 bits per heavy atom. The van der Waals surface area contributed by atoms with Crippen LogP contribution < -0.4 is 20.1 Å². The number of nitrogens with one attached hydrogen (secondary N) is 2. The van der Waals surface area contributed by atoms with Crippen LogP contribution in [-0.2, 0) is 23.6 Å². The summed E-state index contributed by atoms with van der Waals surface area (Å²) in [7, 11) is 6.15. The summed E-state index contributed by atoms with van der Waals surface area (Å²) < 4.78 is 19.3. The number of ether oxygens (including phenoxy) is 3. The van der Waals surface area contributed by atoms with Crippen LogP contribution in [0.1, 0.15) is 50.6 Å². The van der Waals surface area contributed by atoms with Gasteiger partial charge >= 0.3 is 5.97 Å². The van der Waals surface area contributed by atoms with Crippen molar-refractivity contribution in [2.45, 2.75) is 25.3 Å². The van der Waals surface area contributed by atoms with Gasteiger partial charge in [0, 0.05) is 51.7 Å². The number of rotatable bonds is 10. The first-order chi connectivity index (χ1) is 21.1. The summed E-state index contributed by atoms with van der Waals surface area (Å²) in [5, 5.41) is 5.55. The molecule has 2 aliphatic rings. The Morgan fingerprint density at radius 1 is 1.00 bits per heavy atom.